The summed E-state index contributed by atoms with van der Waals surface area (Å²) in [7, 11) is 0. The second kappa shape index (κ2) is 9.88. The molecule has 154 valence electrons. The number of thioether (sulfide) groups is 2. The zero-order chi connectivity index (χ0) is 21.7. The molecule has 7 heteroatoms. The maximum atomic E-state index is 12.5. The average Bonchev–Trinajstić information content (AvgIpc) is 2.75. The fourth-order valence-electron chi connectivity index (χ4n) is 3.26. The van der Waals surface area contributed by atoms with Gasteiger partial charge in [-0.05, 0) is 55.0 Å². The van der Waals surface area contributed by atoms with Crippen molar-refractivity contribution in [2.24, 2.45) is 0 Å². The highest BCUT2D eigenvalue weighted by atomic mass is 32.2. The molecule has 0 bridgehead atoms. The van der Waals surface area contributed by atoms with Crippen LogP contribution in [0.15, 0.2) is 58.0 Å². The van der Waals surface area contributed by atoms with E-state index in [-0.39, 0.29) is 29.9 Å². The molecule has 1 aliphatic rings. The summed E-state index contributed by atoms with van der Waals surface area (Å²) < 4.78 is 0. The number of benzene rings is 2. The van der Waals surface area contributed by atoms with E-state index in [1.165, 1.54) is 11.8 Å². The lowest BCUT2D eigenvalue weighted by atomic mass is 9.87. The Kier molecular flexibility index (Phi) is 7.24. The minimum atomic E-state index is -0.302. The predicted molar refractivity (Wildman–Crippen MR) is 123 cm³/mol. The Balaban J connectivity index is 1.76. The standard InChI is InChI=1S/C23H23N3O2S2/c1-14-5-4-6-20(15(14)2)25-22(28)13-30-23-19(12-24)18(11-21(27)26-23)16-7-9-17(29-3)10-8-16/h4-10,18H,11,13H2,1-3H3,(H,25,28)(H,26,27)/t18-/m1/s1. The van der Waals surface area contributed by atoms with E-state index in [2.05, 4.69) is 16.7 Å². The Morgan fingerprint density at radius 1 is 1.23 bits per heavy atom. The number of amides is 2. The summed E-state index contributed by atoms with van der Waals surface area (Å²) in [6.45, 7) is 3.95. The third kappa shape index (κ3) is 5.07. The summed E-state index contributed by atoms with van der Waals surface area (Å²) in [5, 5.41) is 15.9. The van der Waals surface area contributed by atoms with Crippen LogP contribution in [0.3, 0.4) is 0 Å². The van der Waals surface area contributed by atoms with Gasteiger partial charge in [-0.3, -0.25) is 9.59 Å². The first-order valence-corrected chi connectivity index (χ1v) is 11.7. The first kappa shape index (κ1) is 22.0. The van der Waals surface area contributed by atoms with Crippen LogP contribution < -0.4 is 10.6 Å². The van der Waals surface area contributed by atoms with Gasteiger partial charge in [0.1, 0.15) is 0 Å². The smallest absolute Gasteiger partial charge is 0.234 e. The van der Waals surface area contributed by atoms with E-state index in [1.807, 2.05) is 62.6 Å². The molecule has 1 heterocycles. The highest BCUT2D eigenvalue weighted by Gasteiger charge is 2.29. The normalized spacial score (nSPS) is 16.1. The molecule has 1 atom stereocenters. The van der Waals surface area contributed by atoms with Gasteiger partial charge in [0.25, 0.3) is 0 Å². The molecule has 2 amide bonds. The molecule has 1 aliphatic heterocycles. The van der Waals surface area contributed by atoms with Gasteiger partial charge < -0.3 is 10.6 Å². The number of hydrogen-bond donors (Lipinski definition) is 2. The number of rotatable bonds is 6. The van der Waals surface area contributed by atoms with Crippen molar-refractivity contribution in [1.82, 2.24) is 5.32 Å². The molecule has 0 unspecified atom stereocenters. The van der Waals surface area contributed by atoms with Crippen LogP contribution >= 0.6 is 23.5 Å². The van der Waals surface area contributed by atoms with Crippen molar-refractivity contribution in [3.63, 3.8) is 0 Å². The highest BCUT2D eigenvalue weighted by molar-refractivity contribution is 8.03. The van der Waals surface area contributed by atoms with Gasteiger partial charge in [0.2, 0.25) is 11.8 Å². The molecule has 2 aromatic carbocycles. The molecule has 0 spiro atoms. The molecule has 30 heavy (non-hydrogen) atoms. The Hall–Kier alpha value is -2.69. The number of carbonyl (C=O) groups is 2. The molecule has 0 radical (unpaired) electrons. The van der Waals surface area contributed by atoms with Gasteiger partial charge in [-0.15, -0.1) is 11.8 Å². The summed E-state index contributed by atoms with van der Waals surface area (Å²) in [4.78, 5) is 25.9. The van der Waals surface area contributed by atoms with E-state index in [0.717, 1.165) is 27.3 Å². The van der Waals surface area contributed by atoms with Crippen LogP contribution in [0.4, 0.5) is 5.69 Å². The molecule has 0 aromatic heterocycles. The second-order valence-corrected chi connectivity index (χ2v) is 8.88. The van der Waals surface area contributed by atoms with Gasteiger partial charge in [-0.1, -0.05) is 36.0 Å². The summed E-state index contributed by atoms with van der Waals surface area (Å²) in [6, 6.07) is 15.9. The highest BCUT2D eigenvalue weighted by Crippen LogP contribution is 2.36. The van der Waals surface area contributed by atoms with Crippen molar-refractivity contribution < 1.29 is 9.59 Å². The van der Waals surface area contributed by atoms with E-state index in [4.69, 9.17) is 0 Å². The van der Waals surface area contributed by atoms with Gasteiger partial charge in [-0.25, -0.2) is 0 Å². The van der Waals surface area contributed by atoms with Crippen molar-refractivity contribution in [1.29, 1.82) is 5.26 Å². The van der Waals surface area contributed by atoms with Gasteiger partial charge in [0, 0.05) is 22.9 Å². The summed E-state index contributed by atoms with van der Waals surface area (Å²) >= 11 is 2.83. The number of aryl methyl sites for hydroxylation is 1. The third-order valence-corrected chi connectivity index (χ3v) is 6.86. The lowest BCUT2D eigenvalue weighted by Crippen LogP contribution is -2.31. The van der Waals surface area contributed by atoms with E-state index in [1.54, 1.807) is 11.8 Å². The van der Waals surface area contributed by atoms with E-state index < -0.39 is 0 Å². The van der Waals surface area contributed by atoms with E-state index in [9.17, 15) is 14.9 Å². The summed E-state index contributed by atoms with van der Waals surface area (Å²) in [5.41, 5.74) is 4.32. The number of allylic oxidation sites excluding steroid dienone is 1. The largest absolute Gasteiger partial charge is 0.325 e. The number of nitriles is 1. The Bertz CT molecular complexity index is 1040. The summed E-state index contributed by atoms with van der Waals surface area (Å²) in [5.74, 6) is -0.527. The number of nitrogens with one attached hydrogen (secondary N) is 2. The van der Waals surface area contributed by atoms with Crippen molar-refractivity contribution in [2.75, 3.05) is 17.3 Å². The molecular weight excluding hydrogens is 414 g/mol. The predicted octanol–water partition coefficient (Wildman–Crippen LogP) is 4.74. The van der Waals surface area contributed by atoms with Crippen LogP contribution in [-0.4, -0.2) is 23.8 Å². The molecule has 5 nitrogen and oxygen atoms in total. The Morgan fingerprint density at radius 2 is 1.97 bits per heavy atom. The van der Waals surface area contributed by atoms with Crippen molar-refractivity contribution in [2.45, 2.75) is 31.1 Å². The minimum absolute atomic E-state index is 0.103. The summed E-state index contributed by atoms with van der Waals surface area (Å²) in [6.07, 6.45) is 2.22. The minimum Gasteiger partial charge on any atom is -0.325 e. The number of hydrogen-bond acceptors (Lipinski definition) is 5. The first-order chi connectivity index (χ1) is 14.4. The maximum Gasteiger partial charge on any atom is 0.234 e. The van der Waals surface area contributed by atoms with Crippen LogP contribution in [0, 0.1) is 25.2 Å². The van der Waals surface area contributed by atoms with Gasteiger partial charge in [0.05, 0.1) is 22.4 Å². The Labute approximate surface area is 185 Å². The maximum absolute atomic E-state index is 12.5. The molecule has 0 aliphatic carbocycles. The molecule has 3 rings (SSSR count). The van der Waals surface area contributed by atoms with Crippen molar-refractivity contribution in [3.8, 4) is 6.07 Å². The van der Waals surface area contributed by atoms with Crippen molar-refractivity contribution in [3.05, 3.63) is 69.8 Å². The number of carbonyl (C=O) groups excluding carboxylic acids is 2. The quantitative estimate of drug-likeness (QED) is 0.638. The molecular formula is C23H23N3O2S2. The average molecular weight is 438 g/mol. The van der Waals surface area contributed by atoms with Crippen LogP contribution in [0.1, 0.15) is 29.0 Å². The van der Waals surface area contributed by atoms with Crippen molar-refractivity contribution >= 4 is 41.0 Å². The number of nitrogens with zero attached hydrogens (tertiary/aromatic N) is 1. The molecule has 0 fully saturated rings. The monoisotopic (exact) mass is 437 g/mol. The Morgan fingerprint density at radius 3 is 2.63 bits per heavy atom. The lowest BCUT2D eigenvalue weighted by molar-refractivity contribution is -0.121. The topological polar surface area (TPSA) is 82.0 Å². The zero-order valence-corrected chi connectivity index (χ0v) is 18.7. The fourth-order valence-corrected chi connectivity index (χ4v) is 4.55. The van der Waals surface area contributed by atoms with Crippen LogP contribution in [0.5, 0.6) is 0 Å². The van der Waals surface area contributed by atoms with Crippen LogP contribution in [0.25, 0.3) is 0 Å². The SMILES string of the molecule is CSc1ccc([C@H]2CC(=O)NC(SCC(=O)Nc3cccc(C)c3C)=C2C#N)cc1. The van der Waals surface area contributed by atoms with Gasteiger partial charge in [-0.2, -0.15) is 5.26 Å². The van der Waals surface area contributed by atoms with Gasteiger partial charge >= 0.3 is 0 Å². The van der Waals surface area contributed by atoms with Crippen LogP contribution in [0.2, 0.25) is 0 Å². The van der Waals surface area contributed by atoms with Crippen LogP contribution in [-0.2, 0) is 9.59 Å². The van der Waals surface area contributed by atoms with Gasteiger partial charge in [0.15, 0.2) is 0 Å². The van der Waals surface area contributed by atoms with E-state index >= 15 is 0 Å². The molecule has 2 aromatic rings. The molecule has 2 N–H and O–H groups in total. The first-order valence-electron chi connectivity index (χ1n) is 9.50. The lowest BCUT2D eigenvalue weighted by Gasteiger charge is -2.25. The van der Waals surface area contributed by atoms with E-state index in [0.29, 0.717) is 10.6 Å². The second-order valence-electron chi connectivity index (χ2n) is 7.02. The fraction of sp³-hybridized carbons (Fsp3) is 0.261. The number of anilines is 1. The molecule has 0 saturated carbocycles. The zero-order valence-electron chi connectivity index (χ0n) is 17.1. The molecule has 0 saturated heterocycles. The third-order valence-electron chi connectivity index (χ3n) is 5.10.